The van der Waals surface area contributed by atoms with Crippen molar-refractivity contribution in [3.63, 3.8) is 0 Å². The molecular formula is C22H23N5OS. The van der Waals surface area contributed by atoms with Gasteiger partial charge in [-0.25, -0.2) is 4.98 Å². The van der Waals surface area contributed by atoms with E-state index in [-0.39, 0.29) is 5.91 Å². The normalized spacial score (nSPS) is 15.5. The number of fused-ring (bicyclic) bond motifs is 1. The summed E-state index contributed by atoms with van der Waals surface area (Å²) in [5.41, 5.74) is 3.93. The lowest BCUT2D eigenvalue weighted by atomic mass is 10.2. The first kappa shape index (κ1) is 19.4. The number of aromatic nitrogens is 2. The highest BCUT2D eigenvalue weighted by Crippen LogP contribution is 2.30. The van der Waals surface area contributed by atoms with Crippen molar-refractivity contribution in [2.45, 2.75) is 13.5 Å². The highest BCUT2D eigenvalue weighted by molar-refractivity contribution is 8.18. The second-order valence-electron chi connectivity index (χ2n) is 7.19. The summed E-state index contributed by atoms with van der Waals surface area (Å²) in [6, 6.07) is 15.8. The van der Waals surface area contributed by atoms with Crippen molar-refractivity contribution in [3.05, 3.63) is 64.8 Å². The molecule has 1 N–H and O–H groups in total. The van der Waals surface area contributed by atoms with Crippen LogP contribution in [-0.4, -0.2) is 46.2 Å². The molecule has 0 fully saturated rings. The van der Waals surface area contributed by atoms with Gasteiger partial charge < -0.3 is 14.8 Å². The van der Waals surface area contributed by atoms with Crippen LogP contribution in [0.5, 0.6) is 0 Å². The second kappa shape index (κ2) is 8.23. The fourth-order valence-electron chi connectivity index (χ4n) is 3.19. The lowest BCUT2D eigenvalue weighted by Gasteiger charge is -2.12. The van der Waals surface area contributed by atoms with E-state index in [1.54, 1.807) is 0 Å². The SMILES string of the molecule is Cc1nc2ccc(/C=C3\SC(Nc4ccccc4)=NC3=O)cc2n1CCN(C)C. The zero-order chi connectivity index (χ0) is 20.4. The van der Waals surface area contributed by atoms with Gasteiger partial charge in [0.1, 0.15) is 5.82 Å². The molecule has 6 nitrogen and oxygen atoms in total. The first-order valence-electron chi connectivity index (χ1n) is 9.46. The van der Waals surface area contributed by atoms with E-state index in [1.807, 2.05) is 55.5 Å². The summed E-state index contributed by atoms with van der Waals surface area (Å²) in [7, 11) is 4.13. The molecular weight excluding hydrogens is 382 g/mol. The van der Waals surface area contributed by atoms with Crippen LogP contribution in [0.15, 0.2) is 58.4 Å². The average molecular weight is 406 g/mol. The highest BCUT2D eigenvalue weighted by atomic mass is 32.2. The molecule has 1 aliphatic heterocycles. The molecule has 1 aromatic heterocycles. The van der Waals surface area contributed by atoms with Crippen molar-refractivity contribution in [3.8, 4) is 0 Å². The Morgan fingerprint density at radius 1 is 1.17 bits per heavy atom. The van der Waals surface area contributed by atoms with E-state index in [2.05, 4.69) is 44.9 Å². The van der Waals surface area contributed by atoms with Gasteiger partial charge in [0.15, 0.2) is 5.17 Å². The lowest BCUT2D eigenvalue weighted by molar-refractivity contribution is -0.113. The highest BCUT2D eigenvalue weighted by Gasteiger charge is 2.22. The Balaban J connectivity index is 1.56. The van der Waals surface area contributed by atoms with E-state index in [4.69, 9.17) is 0 Å². The number of anilines is 1. The number of para-hydroxylation sites is 1. The third-order valence-corrected chi connectivity index (χ3v) is 5.58. The third-order valence-electron chi connectivity index (χ3n) is 4.68. The largest absolute Gasteiger partial charge is 0.334 e. The second-order valence-corrected chi connectivity index (χ2v) is 8.22. The molecule has 0 aliphatic carbocycles. The molecule has 3 aromatic rings. The van der Waals surface area contributed by atoms with Crippen molar-refractivity contribution in [2.24, 2.45) is 4.99 Å². The van der Waals surface area contributed by atoms with Crippen LogP contribution in [0.25, 0.3) is 17.1 Å². The standard InChI is InChI=1S/C22H23N5OS/c1-15-23-18-10-9-16(13-19(18)27(15)12-11-26(2)3)14-20-21(28)25-22(29-20)24-17-7-5-4-6-8-17/h4-10,13-14H,11-12H2,1-3H3,(H,24,25,28)/b20-14-. The number of hydrogen-bond acceptors (Lipinski definition) is 5. The molecule has 29 heavy (non-hydrogen) atoms. The van der Waals surface area contributed by atoms with Gasteiger partial charge >= 0.3 is 0 Å². The molecule has 4 rings (SSSR count). The predicted molar refractivity (Wildman–Crippen MR) is 121 cm³/mol. The number of thioether (sulfide) groups is 1. The summed E-state index contributed by atoms with van der Waals surface area (Å²) in [5, 5.41) is 3.79. The number of rotatable bonds is 5. The Morgan fingerprint density at radius 2 is 1.97 bits per heavy atom. The average Bonchev–Trinajstić information content (AvgIpc) is 3.19. The smallest absolute Gasteiger partial charge is 0.286 e. The molecule has 7 heteroatoms. The number of nitrogens with one attached hydrogen (secondary N) is 1. The molecule has 0 saturated heterocycles. The van der Waals surface area contributed by atoms with Crippen molar-refractivity contribution in [1.29, 1.82) is 0 Å². The van der Waals surface area contributed by atoms with E-state index in [0.717, 1.165) is 41.2 Å². The Morgan fingerprint density at radius 3 is 2.72 bits per heavy atom. The van der Waals surface area contributed by atoms with Crippen LogP contribution in [0.3, 0.4) is 0 Å². The first-order valence-corrected chi connectivity index (χ1v) is 10.3. The number of amidine groups is 1. The van der Waals surface area contributed by atoms with Gasteiger partial charge in [0.2, 0.25) is 0 Å². The summed E-state index contributed by atoms with van der Waals surface area (Å²) in [6.45, 7) is 3.84. The van der Waals surface area contributed by atoms with Crippen LogP contribution < -0.4 is 5.32 Å². The topological polar surface area (TPSA) is 62.5 Å². The zero-order valence-corrected chi connectivity index (χ0v) is 17.5. The van der Waals surface area contributed by atoms with Crippen LogP contribution in [-0.2, 0) is 11.3 Å². The maximum Gasteiger partial charge on any atom is 0.286 e. The Bertz CT molecular complexity index is 1110. The molecule has 2 aromatic carbocycles. The minimum absolute atomic E-state index is 0.217. The van der Waals surface area contributed by atoms with Crippen molar-refractivity contribution >= 4 is 45.6 Å². The Kier molecular flexibility index (Phi) is 5.51. The summed E-state index contributed by atoms with van der Waals surface area (Å²) in [6.07, 6.45) is 1.90. The lowest BCUT2D eigenvalue weighted by Crippen LogP contribution is -2.18. The van der Waals surface area contributed by atoms with Gasteiger partial charge in [-0.2, -0.15) is 4.99 Å². The maximum absolute atomic E-state index is 12.4. The molecule has 0 unspecified atom stereocenters. The van der Waals surface area contributed by atoms with Crippen LogP contribution in [0.4, 0.5) is 5.69 Å². The molecule has 0 saturated carbocycles. The summed E-state index contributed by atoms with van der Waals surface area (Å²) in [4.78, 5) is 23.9. The van der Waals surface area contributed by atoms with Gasteiger partial charge in [-0.3, -0.25) is 4.79 Å². The molecule has 1 amide bonds. The zero-order valence-electron chi connectivity index (χ0n) is 16.7. The molecule has 0 bridgehead atoms. The van der Waals surface area contributed by atoms with Crippen LogP contribution in [0.1, 0.15) is 11.4 Å². The van der Waals surface area contributed by atoms with Gasteiger partial charge in [-0.1, -0.05) is 24.3 Å². The van der Waals surface area contributed by atoms with Gasteiger partial charge in [-0.15, -0.1) is 0 Å². The minimum Gasteiger partial charge on any atom is -0.334 e. The summed E-state index contributed by atoms with van der Waals surface area (Å²) in [5.74, 6) is 0.779. The molecule has 2 heterocycles. The van der Waals surface area contributed by atoms with Crippen molar-refractivity contribution in [2.75, 3.05) is 26.0 Å². The van der Waals surface area contributed by atoms with Crippen LogP contribution >= 0.6 is 11.8 Å². The number of aryl methyl sites for hydroxylation is 1. The van der Waals surface area contributed by atoms with Gasteiger partial charge in [0, 0.05) is 18.8 Å². The van der Waals surface area contributed by atoms with E-state index in [9.17, 15) is 4.79 Å². The number of imidazole rings is 1. The molecule has 0 atom stereocenters. The fraction of sp³-hybridized carbons (Fsp3) is 0.227. The van der Waals surface area contributed by atoms with Crippen LogP contribution in [0, 0.1) is 6.92 Å². The van der Waals surface area contributed by atoms with Crippen molar-refractivity contribution in [1.82, 2.24) is 14.5 Å². The van der Waals surface area contributed by atoms with E-state index in [0.29, 0.717) is 10.1 Å². The van der Waals surface area contributed by atoms with E-state index in [1.165, 1.54) is 11.8 Å². The number of aliphatic imine (C=N–C) groups is 1. The Hall–Kier alpha value is -2.90. The molecule has 1 aliphatic rings. The first-order chi connectivity index (χ1) is 14.0. The fourth-order valence-corrected chi connectivity index (χ4v) is 4.02. The number of nitrogens with zero attached hydrogens (tertiary/aromatic N) is 4. The van der Waals surface area contributed by atoms with E-state index < -0.39 is 0 Å². The van der Waals surface area contributed by atoms with Gasteiger partial charge in [0.05, 0.1) is 15.9 Å². The van der Waals surface area contributed by atoms with Crippen molar-refractivity contribution < 1.29 is 4.79 Å². The quantitative estimate of drug-likeness (QED) is 0.651. The number of carbonyl (C=O) groups excluding carboxylic acids is 1. The predicted octanol–water partition coefficient (Wildman–Crippen LogP) is 3.99. The third kappa shape index (κ3) is 4.41. The maximum atomic E-state index is 12.4. The molecule has 148 valence electrons. The molecule has 0 spiro atoms. The number of carbonyl (C=O) groups is 1. The summed E-state index contributed by atoms with van der Waals surface area (Å²) < 4.78 is 2.22. The Labute approximate surface area is 174 Å². The molecule has 0 radical (unpaired) electrons. The summed E-state index contributed by atoms with van der Waals surface area (Å²) >= 11 is 1.36. The monoisotopic (exact) mass is 405 g/mol. The number of likely N-dealkylation sites (N-methyl/N-ethyl adjacent to an activating group) is 1. The van der Waals surface area contributed by atoms with E-state index >= 15 is 0 Å². The number of benzene rings is 2. The van der Waals surface area contributed by atoms with Gasteiger partial charge in [0.25, 0.3) is 5.91 Å². The minimum atomic E-state index is -0.217. The number of amides is 1. The van der Waals surface area contributed by atoms with Crippen LogP contribution in [0.2, 0.25) is 0 Å². The number of hydrogen-bond donors (Lipinski definition) is 1. The van der Waals surface area contributed by atoms with Gasteiger partial charge in [-0.05, 0) is 68.7 Å².